The zero-order valence-corrected chi connectivity index (χ0v) is 10.7. The summed E-state index contributed by atoms with van der Waals surface area (Å²) in [5.74, 6) is -0.439. The molecule has 0 saturated heterocycles. The highest BCUT2D eigenvalue weighted by atomic mass is 32.1. The lowest BCUT2D eigenvalue weighted by molar-refractivity contribution is 0.0905. The van der Waals surface area contributed by atoms with Gasteiger partial charge in [-0.3, -0.25) is 9.59 Å². The molecule has 5 heteroatoms. The van der Waals surface area contributed by atoms with Gasteiger partial charge in [-0.05, 0) is 35.7 Å². The van der Waals surface area contributed by atoms with Crippen molar-refractivity contribution in [3.63, 3.8) is 0 Å². The Hall–Kier alpha value is -2.45. The number of ketones is 1. The minimum absolute atomic E-state index is 0.0284. The van der Waals surface area contributed by atoms with Gasteiger partial charge in [0.25, 0.3) is 5.91 Å². The van der Waals surface area contributed by atoms with E-state index in [9.17, 15) is 9.59 Å². The van der Waals surface area contributed by atoms with E-state index in [2.05, 4.69) is 5.32 Å². The van der Waals surface area contributed by atoms with E-state index in [-0.39, 0.29) is 18.2 Å². The van der Waals surface area contributed by atoms with Crippen LogP contribution in [0.2, 0.25) is 0 Å². The predicted octanol–water partition coefficient (Wildman–Crippen LogP) is 2.23. The van der Waals surface area contributed by atoms with Crippen molar-refractivity contribution in [3.05, 3.63) is 57.8 Å². The van der Waals surface area contributed by atoms with Crippen LogP contribution in [0.15, 0.2) is 41.8 Å². The number of hydrogen-bond donors (Lipinski definition) is 1. The van der Waals surface area contributed by atoms with E-state index in [0.29, 0.717) is 16.0 Å². The van der Waals surface area contributed by atoms with Crippen LogP contribution in [0.25, 0.3) is 0 Å². The molecule has 0 fully saturated rings. The molecule has 94 valence electrons. The van der Waals surface area contributed by atoms with E-state index >= 15 is 0 Å². The molecule has 0 aliphatic carbocycles. The van der Waals surface area contributed by atoms with E-state index in [0.717, 1.165) is 0 Å². The molecule has 2 rings (SSSR count). The molecule has 0 aliphatic heterocycles. The minimum atomic E-state index is -0.325. The van der Waals surface area contributed by atoms with Crippen LogP contribution in [0.1, 0.15) is 25.6 Å². The van der Waals surface area contributed by atoms with Crippen LogP contribution in [0.3, 0.4) is 0 Å². The highest BCUT2D eigenvalue weighted by molar-refractivity contribution is 7.12. The lowest BCUT2D eigenvalue weighted by Crippen LogP contribution is -2.29. The SMILES string of the molecule is N#Cc1ccc(C(=O)NCC(=O)c2cccs2)cc1. The van der Waals surface area contributed by atoms with Crippen molar-refractivity contribution < 1.29 is 9.59 Å². The smallest absolute Gasteiger partial charge is 0.251 e. The van der Waals surface area contributed by atoms with Crippen molar-refractivity contribution in [1.82, 2.24) is 5.32 Å². The number of Topliss-reactive ketones (excluding diaryl/α,β-unsaturated/α-hetero) is 1. The first kappa shape index (κ1) is 13.0. The monoisotopic (exact) mass is 270 g/mol. The zero-order chi connectivity index (χ0) is 13.7. The zero-order valence-electron chi connectivity index (χ0n) is 9.92. The highest BCUT2D eigenvalue weighted by Gasteiger charge is 2.10. The molecule has 19 heavy (non-hydrogen) atoms. The van der Waals surface area contributed by atoms with Crippen LogP contribution in [0.4, 0.5) is 0 Å². The van der Waals surface area contributed by atoms with Gasteiger partial charge in [0, 0.05) is 5.56 Å². The molecule has 2 aromatic rings. The average molecular weight is 270 g/mol. The fourth-order valence-corrected chi connectivity index (χ4v) is 2.15. The van der Waals surface area contributed by atoms with Gasteiger partial charge < -0.3 is 5.32 Å². The largest absolute Gasteiger partial charge is 0.345 e. The van der Waals surface area contributed by atoms with Crippen molar-refractivity contribution in [3.8, 4) is 6.07 Å². The van der Waals surface area contributed by atoms with Crippen molar-refractivity contribution in [2.24, 2.45) is 0 Å². The van der Waals surface area contributed by atoms with Gasteiger partial charge >= 0.3 is 0 Å². The number of carbonyl (C=O) groups excluding carboxylic acids is 2. The minimum Gasteiger partial charge on any atom is -0.345 e. The van der Waals surface area contributed by atoms with Crippen LogP contribution >= 0.6 is 11.3 Å². The topological polar surface area (TPSA) is 70.0 Å². The summed E-state index contributed by atoms with van der Waals surface area (Å²) in [4.78, 5) is 24.1. The number of nitrogens with one attached hydrogen (secondary N) is 1. The molecule has 1 heterocycles. The third kappa shape index (κ3) is 3.27. The maximum atomic E-state index is 11.8. The summed E-state index contributed by atoms with van der Waals surface area (Å²) in [5, 5.41) is 13.0. The van der Waals surface area contributed by atoms with Crippen molar-refractivity contribution in [2.75, 3.05) is 6.54 Å². The van der Waals surface area contributed by atoms with Gasteiger partial charge in [0.15, 0.2) is 5.78 Å². The standard InChI is InChI=1S/C14H10N2O2S/c15-8-10-3-5-11(6-4-10)14(18)16-9-12(17)13-2-1-7-19-13/h1-7H,9H2,(H,16,18). The van der Waals surface area contributed by atoms with Crippen LogP contribution in [0, 0.1) is 11.3 Å². The lowest BCUT2D eigenvalue weighted by atomic mass is 10.1. The molecule has 0 spiro atoms. The predicted molar refractivity (Wildman–Crippen MR) is 72.1 cm³/mol. The highest BCUT2D eigenvalue weighted by Crippen LogP contribution is 2.09. The van der Waals surface area contributed by atoms with Crippen LogP contribution in [0.5, 0.6) is 0 Å². The molecule has 0 aliphatic rings. The van der Waals surface area contributed by atoms with Gasteiger partial charge in [-0.15, -0.1) is 11.3 Å². The Labute approximate surface area is 114 Å². The van der Waals surface area contributed by atoms with Crippen molar-refractivity contribution in [2.45, 2.75) is 0 Å². The summed E-state index contributed by atoms with van der Waals surface area (Å²) in [6.07, 6.45) is 0. The Morgan fingerprint density at radius 1 is 1.21 bits per heavy atom. The lowest BCUT2D eigenvalue weighted by Gasteiger charge is -2.03. The van der Waals surface area contributed by atoms with Gasteiger partial charge in [-0.1, -0.05) is 6.07 Å². The Balaban J connectivity index is 1.94. The third-order valence-corrected chi connectivity index (χ3v) is 3.39. The fraction of sp³-hybridized carbons (Fsp3) is 0.0714. The van der Waals surface area contributed by atoms with E-state index < -0.39 is 0 Å². The number of amides is 1. The molecule has 1 aromatic carbocycles. The molecule has 0 saturated carbocycles. The molecule has 0 radical (unpaired) electrons. The molecular formula is C14H10N2O2S. The van der Waals surface area contributed by atoms with Crippen LogP contribution < -0.4 is 5.32 Å². The van der Waals surface area contributed by atoms with E-state index in [4.69, 9.17) is 5.26 Å². The molecule has 0 unspecified atom stereocenters. The molecular weight excluding hydrogens is 260 g/mol. The average Bonchev–Trinajstić information content (AvgIpc) is 2.98. The van der Waals surface area contributed by atoms with Crippen molar-refractivity contribution in [1.29, 1.82) is 5.26 Å². The number of benzene rings is 1. The number of nitriles is 1. The first-order valence-corrected chi connectivity index (χ1v) is 6.44. The maximum Gasteiger partial charge on any atom is 0.251 e. The molecule has 0 atom stereocenters. The summed E-state index contributed by atoms with van der Waals surface area (Å²) >= 11 is 1.35. The Morgan fingerprint density at radius 3 is 2.53 bits per heavy atom. The molecule has 1 aromatic heterocycles. The first-order chi connectivity index (χ1) is 9.20. The Morgan fingerprint density at radius 2 is 1.95 bits per heavy atom. The molecule has 0 bridgehead atoms. The van der Waals surface area contributed by atoms with Crippen LogP contribution in [-0.2, 0) is 0 Å². The maximum absolute atomic E-state index is 11.8. The number of thiophene rings is 1. The number of nitrogens with zero attached hydrogens (tertiary/aromatic N) is 1. The summed E-state index contributed by atoms with van der Waals surface area (Å²) in [7, 11) is 0. The van der Waals surface area contributed by atoms with Gasteiger partial charge in [0.05, 0.1) is 23.1 Å². The van der Waals surface area contributed by atoms with Crippen LogP contribution in [-0.4, -0.2) is 18.2 Å². The third-order valence-electron chi connectivity index (χ3n) is 2.48. The Kier molecular flexibility index (Phi) is 4.06. The van der Waals surface area contributed by atoms with E-state index in [1.165, 1.54) is 11.3 Å². The summed E-state index contributed by atoms with van der Waals surface area (Å²) < 4.78 is 0. The Bertz CT molecular complexity index is 624. The second kappa shape index (κ2) is 5.94. The van der Waals surface area contributed by atoms with E-state index in [1.807, 2.05) is 11.4 Å². The van der Waals surface area contributed by atoms with E-state index in [1.54, 1.807) is 36.4 Å². The van der Waals surface area contributed by atoms with Gasteiger partial charge in [0.2, 0.25) is 0 Å². The second-order valence-corrected chi connectivity index (χ2v) is 4.72. The summed E-state index contributed by atoms with van der Waals surface area (Å²) in [5.41, 5.74) is 0.921. The summed E-state index contributed by atoms with van der Waals surface area (Å²) in [6, 6.07) is 11.7. The van der Waals surface area contributed by atoms with Gasteiger partial charge in [-0.2, -0.15) is 5.26 Å². The number of carbonyl (C=O) groups is 2. The van der Waals surface area contributed by atoms with Gasteiger partial charge in [-0.25, -0.2) is 0 Å². The number of rotatable bonds is 4. The van der Waals surface area contributed by atoms with Crippen molar-refractivity contribution >= 4 is 23.0 Å². The van der Waals surface area contributed by atoms with Gasteiger partial charge in [0.1, 0.15) is 0 Å². The quantitative estimate of drug-likeness (QED) is 0.866. The number of hydrogen-bond acceptors (Lipinski definition) is 4. The molecule has 1 N–H and O–H groups in total. The molecule has 4 nitrogen and oxygen atoms in total. The normalized spacial score (nSPS) is 9.63. The summed E-state index contributed by atoms with van der Waals surface area (Å²) in [6.45, 7) is -0.0284. The fourth-order valence-electron chi connectivity index (χ4n) is 1.48. The second-order valence-electron chi connectivity index (χ2n) is 3.77. The molecule has 1 amide bonds. The first-order valence-electron chi connectivity index (χ1n) is 5.56.